The molecule has 0 amide bonds. The fourth-order valence-corrected chi connectivity index (χ4v) is 2.91. The number of hydrogen-bond acceptors (Lipinski definition) is 4. The average molecular weight is 328 g/mol. The zero-order chi connectivity index (χ0) is 13.1. The highest BCUT2D eigenvalue weighted by Gasteiger charge is 2.17. The Balaban J connectivity index is 2.24. The summed E-state index contributed by atoms with van der Waals surface area (Å²) in [6.07, 6.45) is 0. The van der Waals surface area contributed by atoms with Gasteiger partial charge in [-0.05, 0) is 39.9 Å². The van der Waals surface area contributed by atoms with E-state index in [9.17, 15) is 10.1 Å². The summed E-state index contributed by atoms with van der Waals surface area (Å²) in [7, 11) is 0. The van der Waals surface area contributed by atoms with E-state index in [4.69, 9.17) is 4.74 Å². The Bertz CT molecular complexity index is 582. The van der Waals surface area contributed by atoms with Crippen LogP contribution in [-0.2, 0) is 6.61 Å². The zero-order valence-electron chi connectivity index (χ0n) is 9.55. The molecule has 0 unspecified atom stereocenters. The maximum absolute atomic E-state index is 10.9. The van der Waals surface area contributed by atoms with Crippen LogP contribution in [0.4, 0.5) is 5.69 Å². The first-order valence-corrected chi connectivity index (χ1v) is 6.85. The Kier molecular flexibility index (Phi) is 3.98. The third kappa shape index (κ3) is 2.70. The molecule has 2 aromatic rings. The van der Waals surface area contributed by atoms with Gasteiger partial charge < -0.3 is 4.74 Å². The third-order valence-corrected chi connectivity index (χ3v) is 4.33. The Morgan fingerprint density at radius 1 is 1.44 bits per heavy atom. The molecule has 0 aliphatic rings. The molecule has 0 fully saturated rings. The van der Waals surface area contributed by atoms with Crippen LogP contribution in [0.1, 0.15) is 10.4 Å². The maximum Gasteiger partial charge on any atom is 0.311 e. The maximum atomic E-state index is 10.9. The molecule has 0 N–H and O–H groups in total. The van der Waals surface area contributed by atoms with Crippen LogP contribution >= 0.6 is 27.3 Å². The van der Waals surface area contributed by atoms with Gasteiger partial charge in [-0.2, -0.15) is 0 Å². The number of para-hydroxylation sites is 1. The molecule has 0 saturated heterocycles. The lowest BCUT2D eigenvalue weighted by Crippen LogP contribution is -2.00. The predicted molar refractivity (Wildman–Crippen MR) is 74.2 cm³/mol. The smallest absolute Gasteiger partial charge is 0.311 e. The van der Waals surface area contributed by atoms with E-state index in [-0.39, 0.29) is 5.69 Å². The van der Waals surface area contributed by atoms with Crippen molar-refractivity contribution in [3.63, 3.8) is 0 Å². The van der Waals surface area contributed by atoms with Crippen molar-refractivity contribution in [1.29, 1.82) is 0 Å². The molecule has 0 bridgehead atoms. The molecule has 0 saturated carbocycles. The van der Waals surface area contributed by atoms with Gasteiger partial charge in [-0.25, -0.2) is 0 Å². The fraction of sp³-hybridized carbons (Fsp3) is 0.167. The summed E-state index contributed by atoms with van der Waals surface area (Å²) >= 11 is 4.95. The molecule has 4 nitrogen and oxygen atoms in total. The van der Waals surface area contributed by atoms with E-state index in [1.165, 1.54) is 6.07 Å². The normalized spacial score (nSPS) is 10.3. The molecule has 6 heteroatoms. The van der Waals surface area contributed by atoms with Gasteiger partial charge >= 0.3 is 5.69 Å². The summed E-state index contributed by atoms with van der Waals surface area (Å²) in [5.41, 5.74) is 0.763. The second-order valence-corrected chi connectivity index (χ2v) is 5.52. The number of nitro benzene ring substituents is 1. The van der Waals surface area contributed by atoms with Crippen molar-refractivity contribution in [2.75, 3.05) is 0 Å². The van der Waals surface area contributed by atoms with Gasteiger partial charge in [0, 0.05) is 10.5 Å². The molecular weight excluding hydrogens is 318 g/mol. The topological polar surface area (TPSA) is 52.4 Å². The monoisotopic (exact) mass is 327 g/mol. The second-order valence-electron chi connectivity index (χ2n) is 3.66. The lowest BCUT2D eigenvalue weighted by molar-refractivity contribution is -0.386. The van der Waals surface area contributed by atoms with E-state index >= 15 is 0 Å². The van der Waals surface area contributed by atoms with Gasteiger partial charge in [0.15, 0.2) is 5.75 Å². The standard InChI is InChI=1S/C12H10BrNO3S/c1-8-3-2-4-10(14(15)16)12(8)17-7-11-9(13)5-6-18-11/h2-6H,7H2,1H3. The minimum Gasteiger partial charge on any atom is -0.481 e. The zero-order valence-corrected chi connectivity index (χ0v) is 12.0. The number of hydrogen-bond donors (Lipinski definition) is 0. The second kappa shape index (κ2) is 5.49. The Morgan fingerprint density at radius 3 is 2.83 bits per heavy atom. The number of nitrogens with zero attached hydrogens (tertiary/aromatic N) is 1. The van der Waals surface area contributed by atoms with Crippen LogP contribution in [0.3, 0.4) is 0 Å². The molecule has 1 aromatic carbocycles. The largest absolute Gasteiger partial charge is 0.481 e. The van der Waals surface area contributed by atoms with E-state index in [1.54, 1.807) is 30.4 Å². The van der Waals surface area contributed by atoms with Crippen LogP contribution < -0.4 is 4.74 Å². The number of halogens is 1. The highest BCUT2D eigenvalue weighted by molar-refractivity contribution is 9.10. The first-order chi connectivity index (χ1) is 8.59. The quantitative estimate of drug-likeness (QED) is 0.621. The minimum atomic E-state index is -0.425. The number of aryl methyl sites for hydroxylation is 1. The minimum absolute atomic E-state index is 0.00248. The molecule has 0 aliphatic heterocycles. The van der Waals surface area contributed by atoms with Crippen molar-refractivity contribution in [3.8, 4) is 5.75 Å². The fourth-order valence-electron chi connectivity index (χ4n) is 1.53. The van der Waals surface area contributed by atoms with Crippen LogP contribution in [0.15, 0.2) is 34.1 Å². The van der Waals surface area contributed by atoms with E-state index in [2.05, 4.69) is 15.9 Å². The van der Waals surface area contributed by atoms with Crippen LogP contribution in [0, 0.1) is 17.0 Å². The predicted octanol–water partition coefficient (Wildman–Crippen LogP) is 4.31. The van der Waals surface area contributed by atoms with Crippen molar-refractivity contribution in [1.82, 2.24) is 0 Å². The van der Waals surface area contributed by atoms with Crippen molar-refractivity contribution in [2.24, 2.45) is 0 Å². The summed E-state index contributed by atoms with van der Waals surface area (Å²) in [4.78, 5) is 11.5. The Morgan fingerprint density at radius 2 is 2.22 bits per heavy atom. The molecule has 18 heavy (non-hydrogen) atoms. The lowest BCUT2D eigenvalue weighted by atomic mass is 10.2. The highest BCUT2D eigenvalue weighted by Crippen LogP contribution is 2.32. The first kappa shape index (κ1) is 13.0. The van der Waals surface area contributed by atoms with Gasteiger partial charge in [-0.1, -0.05) is 12.1 Å². The summed E-state index contributed by atoms with van der Waals surface area (Å²) < 4.78 is 6.55. The van der Waals surface area contributed by atoms with Crippen LogP contribution in [0.5, 0.6) is 5.75 Å². The van der Waals surface area contributed by atoms with E-state index in [1.807, 2.05) is 11.4 Å². The highest BCUT2D eigenvalue weighted by atomic mass is 79.9. The molecule has 0 atom stereocenters. The van der Waals surface area contributed by atoms with Crippen LogP contribution in [-0.4, -0.2) is 4.92 Å². The van der Waals surface area contributed by atoms with Gasteiger partial charge in [0.2, 0.25) is 0 Å². The Labute approximate surface area is 116 Å². The van der Waals surface area contributed by atoms with Crippen molar-refractivity contribution >= 4 is 33.0 Å². The SMILES string of the molecule is Cc1cccc([N+](=O)[O-])c1OCc1sccc1Br. The molecule has 2 rings (SSSR count). The lowest BCUT2D eigenvalue weighted by Gasteiger charge is -2.08. The average Bonchev–Trinajstić information content (AvgIpc) is 2.73. The van der Waals surface area contributed by atoms with Crippen LogP contribution in [0.2, 0.25) is 0 Å². The summed E-state index contributed by atoms with van der Waals surface area (Å²) in [6.45, 7) is 2.12. The number of rotatable bonds is 4. The third-order valence-electron chi connectivity index (χ3n) is 2.43. The van der Waals surface area contributed by atoms with E-state index < -0.39 is 4.92 Å². The van der Waals surface area contributed by atoms with Gasteiger partial charge in [-0.3, -0.25) is 10.1 Å². The Hall–Kier alpha value is -1.40. The van der Waals surface area contributed by atoms with Gasteiger partial charge in [-0.15, -0.1) is 11.3 Å². The number of nitro groups is 1. The number of thiophene rings is 1. The molecule has 1 aromatic heterocycles. The first-order valence-electron chi connectivity index (χ1n) is 5.18. The molecule has 1 heterocycles. The van der Waals surface area contributed by atoms with Crippen molar-refractivity contribution in [2.45, 2.75) is 13.5 Å². The van der Waals surface area contributed by atoms with Gasteiger partial charge in [0.25, 0.3) is 0 Å². The molecule has 0 radical (unpaired) electrons. The summed E-state index contributed by atoms with van der Waals surface area (Å²) in [5, 5.41) is 12.9. The van der Waals surface area contributed by atoms with Crippen LogP contribution in [0.25, 0.3) is 0 Å². The van der Waals surface area contributed by atoms with Gasteiger partial charge in [0.05, 0.1) is 9.80 Å². The molecular formula is C12H10BrNO3S. The molecule has 94 valence electrons. The van der Waals surface area contributed by atoms with Crippen molar-refractivity contribution < 1.29 is 9.66 Å². The van der Waals surface area contributed by atoms with E-state index in [0.717, 1.165) is 14.9 Å². The number of benzene rings is 1. The molecule has 0 aliphatic carbocycles. The number of ether oxygens (including phenoxy) is 1. The molecule has 0 spiro atoms. The van der Waals surface area contributed by atoms with E-state index in [0.29, 0.717) is 12.4 Å². The van der Waals surface area contributed by atoms with Crippen molar-refractivity contribution in [3.05, 3.63) is 54.7 Å². The van der Waals surface area contributed by atoms with Gasteiger partial charge in [0.1, 0.15) is 6.61 Å². The summed E-state index contributed by atoms with van der Waals surface area (Å²) in [6, 6.07) is 6.83. The summed E-state index contributed by atoms with van der Waals surface area (Å²) in [5.74, 6) is 0.336.